The summed E-state index contributed by atoms with van der Waals surface area (Å²) >= 11 is 0. The molecule has 0 unspecified atom stereocenters. The van der Waals surface area contributed by atoms with Crippen molar-refractivity contribution < 1.29 is 23.9 Å². The van der Waals surface area contributed by atoms with Crippen molar-refractivity contribution in [1.82, 2.24) is 10.6 Å². The quantitative estimate of drug-likeness (QED) is 0.575. The molecule has 0 aromatic heterocycles. The van der Waals surface area contributed by atoms with Gasteiger partial charge in [0.15, 0.2) is 6.61 Å². The van der Waals surface area contributed by atoms with Crippen molar-refractivity contribution in [2.24, 2.45) is 0 Å². The van der Waals surface area contributed by atoms with Crippen LogP contribution in [0, 0.1) is 0 Å². The number of benzene rings is 1. The van der Waals surface area contributed by atoms with Crippen LogP contribution in [0.25, 0.3) is 6.08 Å². The fourth-order valence-corrected chi connectivity index (χ4v) is 2.65. The lowest BCUT2D eigenvalue weighted by Gasteiger charge is -2.12. The molecule has 0 heterocycles. The molecule has 7 heteroatoms. The third kappa shape index (κ3) is 6.96. The third-order valence-corrected chi connectivity index (χ3v) is 3.89. The van der Waals surface area contributed by atoms with Gasteiger partial charge in [-0.25, -0.2) is 9.59 Å². The number of imide groups is 1. The first kappa shape index (κ1) is 19.5. The third-order valence-electron chi connectivity index (χ3n) is 3.89. The van der Waals surface area contributed by atoms with E-state index in [1.165, 1.54) is 6.08 Å². The first-order valence-electron chi connectivity index (χ1n) is 8.75. The molecule has 1 aliphatic carbocycles. The molecule has 1 saturated carbocycles. The number of hydrogen-bond acceptors (Lipinski definition) is 5. The standard InChI is InChI=1S/C19H24N2O5/c1-2-25-16-10-7-14(8-11-16)9-12-18(23)26-13-17(22)21-19(24)20-15-5-3-4-6-15/h7-12,15H,2-6,13H2,1H3,(H2,20,21,22,24)/b12-9+. The van der Waals surface area contributed by atoms with Crippen LogP contribution in [0.2, 0.25) is 0 Å². The molecule has 1 aromatic carbocycles. The highest BCUT2D eigenvalue weighted by Crippen LogP contribution is 2.17. The first-order chi connectivity index (χ1) is 12.6. The van der Waals surface area contributed by atoms with Crippen molar-refractivity contribution in [2.45, 2.75) is 38.6 Å². The first-order valence-corrected chi connectivity index (χ1v) is 8.75. The summed E-state index contributed by atoms with van der Waals surface area (Å²) in [6, 6.07) is 6.75. The van der Waals surface area contributed by atoms with Gasteiger partial charge in [0.2, 0.25) is 0 Å². The highest BCUT2D eigenvalue weighted by atomic mass is 16.5. The van der Waals surface area contributed by atoms with Gasteiger partial charge < -0.3 is 14.8 Å². The van der Waals surface area contributed by atoms with Crippen molar-refractivity contribution in [3.63, 3.8) is 0 Å². The molecule has 0 bridgehead atoms. The Bertz CT molecular complexity index is 648. The molecular weight excluding hydrogens is 336 g/mol. The van der Waals surface area contributed by atoms with E-state index in [2.05, 4.69) is 10.6 Å². The number of carbonyl (C=O) groups is 3. The average Bonchev–Trinajstić information content (AvgIpc) is 3.12. The molecule has 140 valence electrons. The van der Waals surface area contributed by atoms with Gasteiger partial charge in [-0.3, -0.25) is 10.1 Å². The molecule has 1 fully saturated rings. The minimum atomic E-state index is -0.664. The summed E-state index contributed by atoms with van der Waals surface area (Å²) in [5, 5.41) is 4.87. The molecule has 0 saturated heterocycles. The van der Waals surface area contributed by atoms with Crippen LogP contribution in [0.15, 0.2) is 30.3 Å². The maximum atomic E-state index is 11.6. The minimum Gasteiger partial charge on any atom is -0.494 e. The topological polar surface area (TPSA) is 93.7 Å². The van der Waals surface area contributed by atoms with Crippen LogP contribution in [0.1, 0.15) is 38.2 Å². The summed E-state index contributed by atoms with van der Waals surface area (Å²) in [5.41, 5.74) is 0.797. The Balaban J connectivity index is 1.68. The van der Waals surface area contributed by atoms with Gasteiger partial charge in [-0.05, 0) is 43.5 Å². The summed E-state index contributed by atoms with van der Waals surface area (Å²) in [4.78, 5) is 34.9. The second-order valence-corrected chi connectivity index (χ2v) is 5.95. The van der Waals surface area contributed by atoms with E-state index in [9.17, 15) is 14.4 Å². The molecular formula is C19H24N2O5. The van der Waals surface area contributed by atoms with E-state index in [0.717, 1.165) is 37.0 Å². The van der Waals surface area contributed by atoms with Crippen molar-refractivity contribution in [3.05, 3.63) is 35.9 Å². The summed E-state index contributed by atoms with van der Waals surface area (Å²) in [7, 11) is 0. The number of rotatable bonds is 7. The Morgan fingerprint density at radius 1 is 1.15 bits per heavy atom. The smallest absolute Gasteiger partial charge is 0.331 e. The van der Waals surface area contributed by atoms with E-state index >= 15 is 0 Å². The molecule has 0 radical (unpaired) electrons. The van der Waals surface area contributed by atoms with Gasteiger partial charge in [0.25, 0.3) is 5.91 Å². The molecule has 0 aliphatic heterocycles. The molecule has 0 spiro atoms. The second kappa shape index (κ2) is 10.2. The molecule has 3 amide bonds. The molecule has 1 aromatic rings. The van der Waals surface area contributed by atoms with Crippen LogP contribution in [-0.4, -0.2) is 37.2 Å². The van der Waals surface area contributed by atoms with E-state index in [1.54, 1.807) is 30.3 Å². The van der Waals surface area contributed by atoms with Crippen molar-refractivity contribution in [2.75, 3.05) is 13.2 Å². The van der Waals surface area contributed by atoms with E-state index in [1.807, 2.05) is 6.92 Å². The lowest BCUT2D eigenvalue weighted by atomic mass is 10.2. The maximum Gasteiger partial charge on any atom is 0.331 e. The van der Waals surface area contributed by atoms with E-state index < -0.39 is 24.5 Å². The number of hydrogen-bond donors (Lipinski definition) is 2. The summed E-state index contributed by atoms with van der Waals surface area (Å²) in [6.07, 6.45) is 6.80. The van der Waals surface area contributed by atoms with Crippen LogP contribution >= 0.6 is 0 Å². The largest absolute Gasteiger partial charge is 0.494 e. The number of carbonyl (C=O) groups excluding carboxylic acids is 3. The van der Waals surface area contributed by atoms with E-state index in [4.69, 9.17) is 9.47 Å². The van der Waals surface area contributed by atoms with Gasteiger partial charge in [-0.15, -0.1) is 0 Å². The Morgan fingerprint density at radius 2 is 1.85 bits per heavy atom. The van der Waals surface area contributed by atoms with E-state index in [-0.39, 0.29) is 6.04 Å². The van der Waals surface area contributed by atoms with Crippen LogP contribution in [0.4, 0.5) is 4.79 Å². The zero-order valence-corrected chi connectivity index (χ0v) is 14.8. The normalized spacial score (nSPS) is 14.2. The van der Waals surface area contributed by atoms with Crippen LogP contribution in [0.3, 0.4) is 0 Å². The number of urea groups is 1. The van der Waals surface area contributed by atoms with Crippen molar-refractivity contribution in [3.8, 4) is 5.75 Å². The summed E-state index contributed by atoms with van der Waals surface area (Å²) in [5.74, 6) is -0.576. The van der Waals surface area contributed by atoms with Gasteiger partial charge >= 0.3 is 12.0 Å². The number of nitrogens with one attached hydrogen (secondary N) is 2. The molecule has 26 heavy (non-hydrogen) atoms. The van der Waals surface area contributed by atoms with Gasteiger partial charge in [0, 0.05) is 12.1 Å². The maximum absolute atomic E-state index is 11.6. The number of amides is 3. The number of ether oxygens (including phenoxy) is 2. The SMILES string of the molecule is CCOc1ccc(/C=C/C(=O)OCC(=O)NC(=O)NC2CCCC2)cc1. The Labute approximate surface area is 152 Å². The van der Waals surface area contributed by atoms with Gasteiger partial charge in [-0.2, -0.15) is 0 Å². The molecule has 7 nitrogen and oxygen atoms in total. The van der Waals surface area contributed by atoms with Gasteiger partial charge in [0.05, 0.1) is 6.61 Å². The molecule has 1 aliphatic rings. The van der Waals surface area contributed by atoms with Gasteiger partial charge in [0.1, 0.15) is 5.75 Å². The van der Waals surface area contributed by atoms with Crippen LogP contribution in [-0.2, 0) is 14.3 Å². The van der Waals surface area contributed by atoms with Crippen LogP contribution in [0.5, 0.6) is 5.75 Å². The highest BCUT2D eigenvalue weighted by molar-refractivity contribution is 5.96. The minimum absolute atomic E-state index is 0.113. The predicted molar refractivity (Wildman–Crippen MR) is 96.5 cm³/mol. The number of esters is 1. The lowest BCUT2D eigenvalue weighted by molar-refractivity contribution is -0.143. The Hall–Kier alpha value is -2.83. The highest BCUT2D eigenvalue weighted by Gasteiger charge is 2.18. The molecule has 2 N–H and O–H groups in total. The average molecular weight is 360 g/mol. The van der Waals surface area contributed by atoms with Crippen LogP contribution < -0.4 is 15.4 Å². The second-order valence-electron chi connectivity index (χ2n) is 5.95. The summed E-state index contributed by atoms with van der Waals surface area (Å²) in [6.45, 7) is 1.98. The zero-order chi connectivity index (χ0) is 18.8. The fourth-order valence-electron chi connectivity index (χ4n) is 2.65. The zero-order valence-electron chi connectivity index (χ0n) is 14.8. The Morgan fingerprint density at radius 3 is 2.50 bits per heavy atom. The van der Waals surface area contributed by atoms with Gasteiger partial charge in [-0.1, -0.05) is 25.0 Å². The predicted octanol–water partition coefficient (Wildman–Crippen LogP) is 2.41. The van der Waals surface area contributed by atoms with Crippen molar-refractivity contribution >= 4 is 24.0 Å². The lowest BCUT2D eigenvalue weighted by Crippen LogP contribution is -2.44. The van der Waals surface area contributed by atoms with E-state index in [0.29, 0.717) is 6.61 Å². The Kier molecular flexibility index (Phi) is 7.67. The summed E-state index contributed by atoms with van der Waals surface area (Å²) < 4.78 is 10.1. The van der Waals surface area contributed by atoms with Crippen molar-refractivity contribution in [1.29, 1.82) is 0 Å². The fraction of sp³-hybridized carbons (Fsp3) is 0.421. The molecule has 2 rings (SSSR count). The monoisotopic (exact) mass is 360 g/mol. The molecule has 0 atom stereocenters.